The number of rotatable bonds is 5. The Morgan fingerprint density at radius 1 is 1.45 bits per heavy atom. The van der Waals surface area contributed by atoms with E-state index in [0.717, 1.165) is 12.1 Å². The van der Waals surface area contributed by atoms with E-state index in [4.69, 9.17) is 4.74 Å². The molecule has 0 N–H and O–H groups in total. The van der Waals surface area contributed by atoms with Crippen LogP contribution >= 0.6 is 0 Å². The Kier molecular flexibility index (Phi) is 5.43. The number of amides is 1. The van der Waals surface area contributed by atoms with E-state index in [1.165, 1.54) is 0 Å². The highest BCUT2D eigenvalue weighted by Gasteiger charge is 2.20. The second-order valence-corrected chi connectivity index (χ2v) is 5.16. The van der Waals surface area contributed by atoms with Gasteiger partial charge in [0.05, 0.1) is 25.5 Å². The van der Waals surface area contributed by atoms with E-state index < -0.39 is 0 Å². The van der Waals surface area contributed by atoms with Gasteiger partial charge in [-0.1, -0.05) is 0 Å². The molecular formula is C14H22N4O2. The lowest BCUT2D eigenvalue weighted by Gasteiger charge is -2.30. The summed E-state index contributed by atoms with van der Waals surface area (Å²) in [7, 11) is 1.97. The Morgan fingerprint density at radius 3 is 2.85 bits per heavy atom. The van der Waals surface area contributed by atoms with Crippen LogP contribution in [-0.2, 0) is 16.0 Å². The first kappa shape index (κ1) is 14.9. The number of carbonyl (C=O) groups is 1. The molecule has 2 rings (SSSR count). The fraction of sp³-hybridized carbons (Fsp3) is 0.643. The zero-order chi connectivity index (χ0) is 14.4. The third-order valence-electron chi connectivity index (χ3n) is 3.62. The van der Waals surface area contributed by atoms with Gasteiger partial charge in [0.2, 0.25) is 5.91 Å². The van der Waals surface area contributed by atoms with Crippen LogP contribution in [0, 0.1) is 0 Å². The largest absolute Gasteiger partial charge is 0.378 e. The van der Waals surface area contributed by atoms with E-state index in [9.17, 15) is 4.79 Å². The van der Waals surface area contributed by atoms with Crippen molar-refractivity contribution in [1.29, 1.82) is 0 Å². The summed E-state index contributed by atoms with van der Waals surface area (Å²) in [6, 6.07) is 0.247. The molecule has 1 atom stereocenters. The third kappa shape index (κ3) is 4.25. The normalized spacial score (nSPS) is 17.2. The molecular weight excluding hydrogens is 256 g/mol. The molecule has 1 aromatic heterocycles. The molecule has 1 aliphatic heterocycles. The molecule has 0 bridgehead atoms. The number of ether oxygens (including phenoxy) is 1. The van der Waals surface area contributed by atoms with Crippen LogP contribution in [0.3, 0.4) is 0 Å². The Balaban J connectivity index is 1.81. The van der Waals surface area contributed by atoms with Gasteiger partial charge in [-0.3, -0.25) is 19.7 Å². The highest BCUT2D eigenvalue weighted by molar-refractivity contribution is 5.78. The molecule has 1 saturated heterocycles. The first-order valence-electron chi connectivity index (χ1n) is 6.97. The lowest BCUT2D eigenvalue weighted by molar-refractivity contribution is -0.136. The lowest BCUT2D eigenvalue weighted by atomic mass is 10.1. The zero-order valence-corrected chi connectivity index (χ0v) is 12.2. The molecule has 0 aromatic carbocycles. The van der Waals surface area contributed by atoms with Gasteiger partial charge in [0.1, 0.15) is 0 Å². The molecule has 6 nitrogen and oxygen atoms in total. The van der Waals surface area contributed by atoms with Crippen molar-refractivity contribution in [3.63, 3.8) is 0 Å². The van der Waals surface area contributed by atoms with Crippen molar-refractivity contribution in [2.75, 3.05) is 39.9 Å². The van der Waals surface area contributed by atoms with E-state index in [0.29, 0.717) is 32.8 Å². The van der Waals surface area contributed by atoms with E-state index >= 15 is 0 Å². The minimum atomic E-state index is 0.168. The van der Waals surface area contributed by atoms with Gasteiger partial charge in [-0.05, 0) is 14.0 Å². The fourth-order valence-corrected chi connectivity index (χ4v) is 2.18. The summed E-state index contributed by atoms with van der Waals surface area (Å²) in [4.78, 5) is 24.4. The van der Waals surface area contributed by atoms with Crippen LogP contribution in [0.5, 0.6) is 0 Å². The first-order valence-corrected chi connectivity index (χ1v) is 6.97. The average molecular weight is 278 g/mol. The van der Waals surface area contributed by atoms with Crippen molar-refractivity contribution in [3.05, 3.63) is 24.3 Å². The van der Waals surface area contributed by atoms with E-state index in [1.54, 1.807) is 18.6 Å². The van der Waals surface area contributed by atoms with Crippen LogP contribution in [0.25, 0.3) is 0 Å². The van der Waals surface area contributed by atoms with Gasteiger partial charge in [-0.25, -0.2) is 0 Å². The van der Waals surface area contributed by atoms with E-state index in [1.807, 2.05) is 11.9 Å². The first-order chi connectivity index (χ1) is 9.66. The van der Waals surface area contributed by atoms with E-state index in [-0.39, 0.29) is 11.9 Å². The maximum atomic E-state index is 12.2. The van der Waals surface area contributed by atoms with Gasteiger partial charge in [-0.2, -0.15) is 0 Å². The molecule has 0 saturated carbocycles. The lowest BCUT2D eigenvalue weighted by Crippen LogP contribution is -2.46. The highest BCUT2D eigenvalue weighted by Crippen LogP contribution is 2.05. The van der Waals surface area contributed by atoms with Crippen LogP contribution in [0.4, 0.5) is 0 Å². The third-order valence-corrected chi connectivity index (χ3v) is 3.62. The summed E-state index contributed by atoms with van der Waals surface area (Å²) >= 11 is 0. The smallest absolute Gasteiger partial charge is 0.236 e. The molecule has 1 aliphatic rings. The molecule has 1 fully saturated rings. The highest BCUT2D eigenvalue weighted by atomic mass is 16.5. The van der Waals surface area contributed by atoms with Crippen LogP contribution in [0.15, 0.2) is 18.6 Å². The molecule has 110 valence electrons. The molecule has 1 amide bonds. The molecule has 20 heavy (non-hydrogen) atoms. The van der Waals surface area contributed by atoms with Crippen molar-refractivity contribution in [2.45, 2.75) is 19.4 Å². The second kappa shape index (κ2) is 7.31. The molecule has 0 spiro atoms. The number of carbonyl (C=O) groups excluding carboxylic acids is 1. The second-order valence-electron chi connectivity index (χ2n) is 5.16. The topological polar surface area (TPSA) is 58.6 Å². The number of hydrogen-bond donors (Lipinski definition) is 0. The SMILES string of the molecule is C[C@@H](Cc1cnccn1)N(C)CC(=O)N1CCOCC1. The number of aromatic nitrogens is 2. The molecule has 0 unspecified atom stereocenters. The summed E-state index contributed by atoms with van der Waals surface area (Å²) in [6.07, 6.45) is 5.93. The summed E-state index contributed by atoms with van der Waals surface area (Å²) in [6.45, 7) is 5.22. The monoisotopic (exact) mass is 278 g/mol. The minimum Gasteiger partial charge on any atom is -0.378 e. The Labute approximate surface area is 119 Å². The van der Waals surface area contributed by atoms with Gasteiger partial charge in [0.25, 0.3) is 0 Å². The van der Waals surface area contributed by atoms with Crippen molar-refractivity contribution in [1.82, 2.24) is 19.8 Å². The van der Waals surface area contributed by atoms with Crippen LogP contribution in [-0.4, -0.2) is 71.6 Å². The van der Waals surface area contributed by atoms with Gasteiger partial charge < -0.3 is 9.64 Å². The van der Waals surface area contributed by atoms with Crippen molar-refractivity contribution >= 4 is 5.91 Å². The van der Waals surface area contributed by atoms with Gasteiger partial charge >= 0.3 is 0 Å². The summed E-state index contributed by atoms with van der Waals surface area (Å²) in [5, 5.41) is 0. The molecule has 0 radical (unpaired) electrons. The summed E-state index contributed by atoms with van der Waals surface area (Å²) < 4.78 is 5.26. The van der Waals surface area contributed by atoms with Crippen LogP contribution in [0.1, 0.15) is 12.6 Å². The number of hydrogen-bond acceptors (Lipinski definition) is 5. The Morgan fingerprint density at radius 2 is 2.20 bits per heavy atom. The van der Waals surface area contributed by atoms with Crippen molar-refractivity contribution in [3.8, 4) is 0 Å². The minimum absolute atomic E-state index is 0.168. The Bertz CT molecular complexity index is 420. The number of likely N-dealkylation sites (N-methyl/N-ethyl adjacent to an activating group) is 1. The zero-order valence-electron chi connectivity index (χ0n) is 12.2. The van der Waals surface area contributed by atoms with Crippen LogP contribution < -0.4 is 0 Å². The molecule has 6 heteroatoms. The Hall–Kier alpha value is -1.53. The van der Waals surface area contributed by atoms with Gasteiger partial charge in [0.15, 0.2) is 0 Å². The fourth-order valence-electron chi connectivity index (χ4n) is 2.18. The summed E-state index contributed by atoms with van der Waals surface area (Å²) in [5.41, 5.74) is 0.950. The number of morpholine rings is 1. The van der Waals surface area contributed by atoms with E-state index in [2.05, 4.69) is 21.8 Å². The van der Waals surface area contributed by atoms with Gasteiger partial charge in [-0.15, -0.1) is 0 Å². The van der Waals surface area contributed by atoms with Crippen LogP contribution in [0.2, 0.25) is 0 Å². The molecule has 2 heterocycles. The standard InChI is InChI=1S/C14H22N4O2/c1-12(9-13-10-15-3-4-16-13)17(2)11-14(19)18-5-7-20-8-6-18/h3-4,10,12H,5-9,11H2,1-2H3/t12-/m0/s1. The van der Waals surface area contributed by atoms with Gasteiger partial charge in [0, 0.05) is 44.1 Å². The predicted octanol–water partition coefficient (Wildman–Crippen LogP) is 0.198. The maximum Gasteiger partial charge on any atom is 0.236 e. The number of nitrogens with zero attached hydrogens (tertiary/aromatic N) is 4. The predicted molar refractivity (Wildman–Crippen MR) is 75.2 cm³/mol. The summed E-state index contributed by atoms with van der Waals surface area (Å²) in [5.74, 6) is 0.168. The average Bonchev–Trinajstić information content (AvgIpc) is 2.49. The maximum absolute atomic E-state index is 12.2. The molecule has 1 aromatic rings. The van der Waals surface area contributed by atoms with Crippen molar-refractivity contribution in [2.24, 2.45) is 0 Å². The quantitative estimate of drug-likeness (QED) is 0.770. The molecule has 0 aliphatic carbocycles. The van der Waals surface area contributed by atoms with Crippen molar-refractivity contribution < 1.29 is 9.53 Å².